The first kappa shape index (κ1) is 13.6. The summed E-state index contributed by atoms with van der Waals surface area (Å²) in [5, 5.41) is 8.97. The highest BCUT2D eigenvalue weighted by molar-refractivity contribution is 6.31. The third-order valence-electron chi connectivity index (χ3n) is 3.06. The third-order valence-corrected chi connectivity index (χ3v) is 3.43. The maximum Gasteiger partial charge on any atom is 0.224 e. The topological polar surface area (TPSA) is 85.8 Å². The SMILES string of the molecule is CN(C)c1nc(N)nc2c1nnn2Cc1ccccc1Cl. The van der Waals surface area contributed by atoms with Gasteiger partial charge in [0.25, 0.3) is 0 Å². The number of benzene rings is 1. The van der Waals surface area contributed by atoms with E-state index in [0.29, 0.717) is 28.5 Å². The molecule has 0 radical (unpaired) electrons. The smallest absolute Gasteiger partial charge is 0.224 e. The number of aromatic nitrogens is 5. The molecule has 0 saturated carbocycles. The first-order chi connectivity index (χ1) is 10.1. The molecular formula is C13H14ClN7. The number of hydrogen-bond acceptors (Lipinski definition) is 6. The van der Waals surface area contributed by atoms with Crippen LogP contribution >= 0.6 is 11.6 Å². The molecule has 3 aromatic rings. The Labute approximate surface area is 126 Å². The van der Waals surface area contributed by atoms with E-state index in [1.165, 1.54) is 0 Å². The zero-order valence-corrected chi connectivity index (χ0v) is 12.4. The Hall–Kier alpha value is -2.41. The first-order valence-corrected chi connectivity index (χ1v) is 6.71. The molecular weight excluding hydrogens is 290 g/mol. The number of fused-ring (bicyclic) bond motifs is 1. The van der Waals surface area contributed by atoms with Crippen LogP contribution in [-0.4, -0.2) is 39.1 Å². The fourth-order valence-electron chi connectivity index (χ4n) is 2.06. The van der Waals surface area contributed by atoms with Crippen LogP contribution in [0.2, 0.25) is 5.02 Å². The van der Waals surface area contributed by atoms with Gasteiger partial charge in [-0.15, -0.1) is 5.10 Å². The van der Waals surface area contributed by atoms with Crippen LogP contribution in [0.4, 0.5) is 11.8 Å². The Morgan fingerprint density at radius 2 is 2.00 bits per heavy atom. The summed E-state index contributed by atoms with van der Waals surface area (Å²) in [4.78, 5) is 10.3. The fourth-order valence-corrected chi connectivity index (χ4v) is 2.26. The van der Waals surface area contributed by atoms with Crippen LogP contribution < -0.4 is 10.6 Å². The van der Waals surface area contributed by atoms with E-state index in [-0.39, 0.29) is 5.95 Å². The highest BCUT2D eigenvalue weighted by Crippen LogP contribution is 2.22. The Morgan fingerprint density at radius 1 is 1.24 bits per heavy atom. The number of halogens is 1. The largest absolute Gasteiger partial charge is 0.368 e. The quantitative estimate of drug-likeness (QED) is 0.790. The van der Waals surface area contributed by atoms with Gasteiger partial charge in [0, 0.05) is 19.1 Å². The summed E-state index contributed by atoms with van der Waals surface area (Å²) >= 11 is 6.18. The van der Waals surface area contributed by atoms with E-state index in [9.17, 15) is 0 Å². The van der Waals surface area contributed by atoms with Gasteiger partial charge in [0.1, 0.15) is 0 Å². The van der Waals surface area contributed by atoms with E-state index in [4.69, 9.17) is 17.3 Å². The lowest BCUT2D eigenvalue weighted by atomic mass is 10.2. The molecule has 21 heavy (non-hydrogen) atoms. The summed E-state index contributed by atoms with van der Waals surface area (Å²) in [6.45, 7) is 0.472. The zero-order chi connectivity index (χ0) is 15.0. The molecule has 2 aromatic heterocycles. The standard InChI is InChI=1S/C13H14ClN7/c1-20(2)11-10-12(17-13(15)16-11)21(19-18-10)7-8-5-3-4-6-9(8)14/h3-6H,7H2,1-2H3,(H2,15,16,17). The summed E-state index contributed by atoms with van der Waals surface area (Å²) in [6, 6.07) is 7.59. The van der Waals surface area contributed by atoms with E-state index in [1.54, 1.807) is 4.68 Å². The van der Waals surface area contributed by atoms with Crippen LogP contribution in [0.3, 0.4) is 0 Å². The second-order valence-corrected chi connectivity index (χ2v) is 5.22. The molecule has 0 aliphatic heterocycles. The molecule has 0 aliphatic rings. The number of nitrogen functional groups attached to an aromatic ring is 1. The molecule has 0 bridgehead atoms. The van der Waals surface area contributed by atoms with Gasteiger partial charge >= 0.3 is 0 Å². The molecule has 2 heterocycles. The Morgan fingerprint density at radius 3 is 2.71 bits per heavy atom. The van der Waals surface area contributed by atoms with Gasteiger partial charge < -0.3 is 10.6 Å². The van der Waals surface area contributed by atoms with Gasteiger partial charge in [0.05, 0.1) is 6.54 Å². The van der Waals surface area contributed by atoms with E-state index < -0.39 is 0 Å². The minimum Gasteiger partial charge on any atom is -0.368 e. The van der Waals surface area contributed by atoms with E-state index >= 15 is 0 Å². The molecule has 3 rings (SSSR count). The molecule has 7 nitrogen and oxygen atoms in total. The van der Waals surface area contributed by atoms with Crippen molar-refractivity contribution in [2.45, 2.75) is 6.54 Å². The number of nitrogens with zero attached hydrogens (tertiary/aromatic N) is 6. The second-order valence-electron chi connectivity index (χ2n) is 4.81. The Kier molecular flexibility index (Phi) is 3.34. The molecule has 0 saturated heterocycles. The molecule has 0 amide bonds. The summed E-state index contributed by atoms with van der Waals surface area (Å²) in [5.41, 5.74) is 7.91. The molecule has 0 aliphatic carbocycles. The van der Waals surface area contributed by atoms with Gasteiger partial charge in [-0.25, -0.2) is 4.68 Å². The van der Waals surface area contributed by atoms with Gasteiger partial charge in [-0.05, 0) is 11.6 Å². The second kappa shape index (κ2) is 5.17. The van der Waals surface area contributed by atoms with Gasteiger partial charge in [0.2, 0.25) is 5.95 Å². The molecule has 108 valence electrons. The van der Waals surface area contributed by atoms with Crippen LogP contribution in [-0.2, 0) is 6.54 Å². The maximum atomic E-state index is 6.18. The van der Waals surface area contributed by atoms with Gasteiger partial charge in [-0.2, -0.15) is 9.97 Å². The van der Waals surface area contributed by atoms with Crippen molar-refractivity contribution in [2.24, 2.45) is 0 Å². The summed E-state index contributed by atoms with van der Waals surface area (Å²) in [6.07, 6.45) is 0. The van der Waals surface area contributed by atoms with Crippen molar-refractivity contribution in [3.63, 3.8) is 0 Å². The summed E-state index contributed by atoms with van der Waals surface area (Å²) in [7, 11) is 3.74. The summed E-state index contributed by atoms with van der Waals surface area (Å²) in [5.74, 6) is 0.830. The minimum atomic E-state index is 0.189. The maximum absolute atomic E-state index is 6.18. The van der Waals surface area contributed by atoms with Crippen LogP contribution in [0.5, 0.6) is 0 Å². The number of nitrogens with two attached hydrogens (primary N) is 1. The van der Waals surface area contributed by atoms with Crippen molar-refractivity contribution in [3.05, 3.63) is 34.9 Å². The molecule has 2 N–H and O–H groups in total. The van der Waals surface area contributed by atoms with Crippen molar-refractivity contribution in [1.29, 1.82) is 0 Å². The van der Waals surface area contributed by atoms with E-state index in [0.717, 1.165) is 5.56 Å². The monoisotopic (exact) mass is 303 g/mol. The molecule has 0 fully saturated rings. The molecule has 8 heteroatoms. The fraction of sp³-hybridized carbons (Fsp3) is 0.231. The van der Waals surface area contributed by atoms with Crippen molar-refractivity contribution < 1.29 is 0 Å². The zero-order valence-electron chi connectivity index (χ0n) is 11.7. The van der Waals surface area contributed by atoms with Crippen LogP contribution in [0.25, 0.3) is 11.2 Å². The highest BCUT2D eigenvalue weighted by atomic mass is 35.5. The molecule has 0 spiro atoms. The highest BCUT2D eigenvalue weighted by Gasteiger charge is 2.15. The minimum absolute atomic E-state index is 0.189. The van der Waals surface area contributed by atoms with Crippen LogP contribution in [0.1, 0.15) is 5.56 Å². The van der Waals surface area contributed by atoms with Crippen LogP contribution in [0.15, 0.2) is 24.3 Å². The van der Waals surface area contributed by atoms with Gasteiger partial charge in [-0.1, -0.05) is 35.0 Å². The average molecular weight is 304 g/mol. The number of anilines is 2. The Bertz CT molecular complexity index is 796. The number of hydrogen-bond donors (Lipinski definition) is 1. The van der Waals surface area contributed by atoms with E-state index in [1.807, 2.05) is 43.3 Å². The predicted octanol–water partition coefficient (Wildman–Crippen LogP) is 1.57. The van der Waals surface area contributed by atoms with Crippen LogP contribution in [0, 0.1) is 0 Å². The van der Waals surface area contributed by atoms with Gasteiger partial charge in [0.15, 0.2) is 17.0 Å². The van der Waals surface area contributed by atoms with Crippen molar-refractivity contribution in [1.82, 2.24) is 25.0 Å². The van der Waals surface area contributed by atoms with Crippen molar-refractivity contribution >= 4 is 34.5 Å². The first-order valence-electron chi connectivity index (χ1n) is 6.33. The Balaban J connectivity index is 2.10. The summed E-state index contributed by atoms with van der Waals surface area (Å²) < 4.78 is 1.67. The average Bonchev–Trinajstić information content (AvgIpc) is 2.83. The lowest BCUT2D eigenvalue weighted by Gasteiger charge is -2.11. The molecule has 0 atom stereocenters. The van der Waals surface area contributed by atoms with E-state index in [2.05, 4.69) is 20.3 Å². The third kappa shape index (κ3) is 2.47. The lowest BCUT2D eigenvalue weighted by Crippen LogP contribution is -2.13. The normalized spacial score (nSPS) is 11.0. The van der Waals surface area contributed by atoms with Crippen molar-refractivity contribution in [2.75, 3.05) is 24.7 Å². The molecule has 1 aromatic carbocycles. The predicted molar refractivity (Wildman–Crippen MR) is 82.4 cm³/mol. The van der Waals surface area contributed by atoms with Gasteiger partial charge in [-0.3, -0.25) is 0 Å². The molecule has 0 unspecified atom stereocenters. The number of rotatable bonds is 3. The van der Waals surface area contributed by atoms with Crippen molar-refractivity contribution in [3.8, 4) is 0 Å². The lowest BCUT2D eigenvalue weighted by molar-refractivity contribution is 0.664.